The Balaban J connectivity index is 3.21. The fraction of sp³-hybridized carbons (Fsp3) is 0.667. The van der Waals surface area contributed by atoms with Crippen LogP contribution in [-0.4, -0.2) is 78.5 Å². The first kappa shape index (κ1) is 25.8. The molecule has 0 saturated carbocycles. The van der Waals surface area contributed by atoms with Crippen LogP contribution < -0.4 is 9.80 Å². The maximum atomic E-state index is 12.4. The second-order valence-corrected chi connectivity index (χ2v) is 23.2. The number of benzene rings is 1. The molecule has 0 atom stereocenters. The van der Waals surface area contributed by atoms with Gasteiger partial charge in [-0.25, -0.2) is 0 Å². The number of nitrogens with zero attached hydrogens (tertiary/aromatic N) is 2. The van der Waals surface area contributed by atoms with Gasteiger partial charge in [-0.1, -0.05) is 0 Å². The summed E-state index contributed by atoms with van der Waals surface area (Å²) < 4.78 is 49.5. The summed E-state index contributed by atoms with van der Waals surface area (Å²) in [7, 11) is -9.36. The van der Waals surface area contributed by atoms with Crippen LogP contribution in [0.1, 0.15) is 0 Å². The fourth-order valence-corrected chi connectivity index (χ4v) is 7.59. The normalized spacial score (nSPS) is 13.4. The van der Waals surface area contributed by atoms with Crippen LogP contribution in [-0.2, 0) is 18.3 Å². The Hall–Kier alpha value is -0.260. The number of anilines is 2. The van der Waals surface area contributed by atoms with Crippen molar-refractivity contribution >= 4 is 39.9 Å². The van der Waals surface area contributed by atoms with Gasteiger partial charge in [0.15, 0.2) is 0 Å². The zero-order valence-corrected chi connectivity index (χ0v) is 22.0. The van der Waals surface area contributed by atoms with E-state index in [-0.39, 0.29) is 0 Å². The van der Waals surface area contributed by atoms with Crippen LogP contribution in [0.15, 0.2) is 24.3 Å². The van der Waals surface area contributed by atoms with E-state index in [4.69, 9.17) is 0 Å². The van der Waals surface area contributed by atoms with Gasteiger partial charge in [-0.05, 0) is 77.6 Å². The SMILES string of the molecule is CP(C)(=O)CN(CP(C)(C)=O)c1ccc(N(CP(C)(C)=O)CP(C)(C)=O)cc1. The van der Waals surface area contributed by atoms with Gasteiger partial charge in [-0.2, -0.15) is 0 Å². The number of hydrogen-bond acceptors (Lipinski definition) is 6. The molecular weight excluding hydrogens is 432 g/mol. The van der Waals surface area contributed by atoms with Crippen LogP contribution in [0.4, 0.5) is 11.4 Å². The molecule has 0 saturated heterocycles. The summed E-state index contributed by atoms with van der Waals surface area (Å²) in [6.45, 7) is 13.8. The molecule has 0 aromatic heterocycles. The average molecular weight is 468 g/mol. The van der Waals surface area contributed by atoms with Gasteiger partial charge >= 0.3 is 0 Å². The molecule has 0 N–H and O–H groups in total. The zero-order valence-electron chi connectivity index (χ0n) is 18.5. The summed E-state index contributed by atoms with van der Waals surface area (Å²) in [6, 6.07) is 7.61. The van der Waals surface area contributed by atoms with Crippen LogP contribution in [0.5, 0.6) is 0 Å². The molecule has 1 aromatic carbocycles. The molecule has 10 heteroatoms. The van der Waals surface area contributed by atoms with Crippen LogP contribution in [0.25, 0.3) is 0 Å². The van der Waals surface area contributed by atoms with Gasteiger partial charge in [-0.15, -0.1) is 0 Å². The van der Waals surface area contributed by atoms with Crippen molar-refractivity contribution in [2.24, 2.45) is 0 Å². The minimum atomic E-state index is -2.34. The predicted molar refractivity (Wildman–Crippen MR) is 129 cm³/mol. The molecular formula is C18H36N2O4P4. The molecule has 0 heterocycles. The van der Waals surface area contributed by atoms with Crippen molar-refractivity contribution in [2.45, 2.75) is 0 Å². The molecule has 0 aliphatic rings. The maximum Gasteiger partial charge on any atom is 0.100 e. The lowest BCUT2D eigenvalue weighted by atomic mass is 10.2. The Labute approximate surface area is 170 Å². The van der Waals surface area contributed by atoms with Crippen LogP contribution in [0.2, 0.25) is 0 Å². The van der Waals surface area contributed by atoms with E-state index in [1.807, 2.05) is 34.1 Å². The monoisotopic (exact) mass is 468 g/mol. The molecule has 0 bridgehead atoms. The van der Waals surface area contributed by atoms with E-state index in [9.17, 15) is 18.3 Å². The van der Waals surface area contributed by atoms with Gasteiger partial charge in [0, 0.05) is 11.4 Å². The van der Waals surface area contributed by atoms with Crippen LogP contribution >= 0.6 is 28.6 Å². The van der Waals surface area contributed by atoms with Gasteiger partial charge < -0.3 is 28.1 Å². The smallest absolute Gasteiger partial charge is 0.100 e. The lowest BCUT2D eigenvalue weighted by Gasteiger charge is -2.31. The Morgan fingerprint density at radius 3 is 0.821 bits per heavy atom. The quantitative estimate of drug-likeness (QED) is 0.415. The highest BCUT2D eigenvalue weighted by Gasteiger charge is 2.23. The van der Waals surface area contributed by atoms with Gasteiger partial charge in [0.05, 0.1) is 25.1 Å². The lowest BCUT2D eigenvalue weighted by Crippen LogP contribution is -2.27. The van der Waals surface area contributed by atoms with Crippen LogP contribution in [0, 0.1) is 0 Å². The van der Waals surface area contributed by atoms with Crippen molar-refractivity contribution in [3.05, 3.63) is 24.3 Å². The van der Waals surface area contributed by atoms with E-state index < -0.39 is 28.6 Å². The highest BCUT2D eigenvalue weighted by molar-refractivity contribution is 7.64. The Morgan fingerprint density at radius 2 is 0.679 bits per heavy atom. The molecule has 0 unspecified atom stereocenters. The van der Waals surface area contributed by atoms with Crippen molar-refractivity contribution in [3.8, 4) is 0 Å². The second kappa shape index (κ2) is 9.26. The summed E-state index contributed by atoms with van der Waals surface area (Å²) in [4.78, 5) is 3.84. The van der Waals surface area contributed by atoms with E-state index in [1.54, 1.807) is 53.3 Å². The van der Waals surface area contributed by atoms with Gasteiger partial charge in [0.25, 0.3) is 0 Å². The van der Waals surface area contributed by atoms with E-state index in [0.29, 0.717) is 25.1 Å². The largest absolute Gasteiger partial charge is 0.357 e. The summed E-state index contributed by atoms with van der Waals surface area (Å²) in [5.41, 5.74) is 1.70. The molecule has 0 spiro atoms. The van der Waals surface area contributed by atoms with Gasteiger partial charge in [-0.3, -0.25) is 0 Å². The van der Waals surface area contributed by atoms with E-state index in [0.717, 1.165) is 11.4 Å². The molecule has 28 heavy (non-hydrogen) atoms. The minimum absolute atomic E-state index is 0.361. The third-order valence-electron chi connectivity index (χ3n) is 3.63. The molecule has 0 amide bonds. The molecule has 0 fully saturated rings. The van der Waals surface area contributed by atoms with Crippen molar-refractivity contribution < 1.29 is 18.3 Å². The summed E-state index contributed by atoms with van der Waals surface area (Å²) >= 11 is 0. The van der Waals surface area contributed by atoms with E-state index in [2.05, 4.69) is 0 Å². The number of rotatable bonds is 10. The van der Waals surface area contributed by atoms with Gasteiger partial charge in [0.2, 0.25) is 0 Å². The van der Waals surface area contributed by atoms with Crippen molar-refractivity contribution in [2.75, 3.05) is 88.3 Å². The third-order valence-corrected chi connectivity index (χ3v) is 7.72. The zero-order chi connectivity index (χ0) is 22.0. The van der Waals surface area contributed by atoms with Crippen molar-refractivity contribution in [3.63, 3.8) is 0 Å². The van der Waals surface area contributed by atoms with E-state index in [1.165, 1.54) is 0 Å². The average Bonchev–Trinajstić information content (AvgIpc) is 2.40. The summed E-state index contributed by atoms with van der Waals surface area (Å²) in [6.07, 6.45) is 1.44. The molecule has 0 radical (unpaired) electrons. The highest BCUT2D eigenvalue weighted by Crippen LogP contribution is 2.46. The lowest BCUT2D eigenvalue weighted by molar-refractivity contribution is 0.576. The Kier molecular flexibility index (Phi) is 8.52. The third kappa shape index (κ3) is 11.1. The standard InChI is InChI=1S/C18H36N2O4P4/c1-25(2,21)13-19(14-26(3,4)22)17-9-11-18(12-10-17)20(15-27(5,6)23)16-28(7,8)24/h9-12H,13-16H2,1-8H3. The Morgan fingerprint density at radius 1 is 0.500 bits per heavy atom. The Bertz CT molecular complexity index is 726. The minimum Gasteiger partial charge on any atom is -0.357 e. The summed E-state index contributed by atoms with van der Waals surface area (Å²) in [5, 5.41) is 0. The molecule has 162 valence electrons. The summed E-state index contributed by atoms with van der Waals surface area (Å²) in [5.74, 6) is 0. The topological polar surface area (TPSA) is 74.8 Å². The molecule has 0 aliphatic heterocycles. The number of hydrogen-bond donors (Lipinski definition) is 0. The van der Waals surface area contributed by atoms with Crippen molar-refractivity contribution in [1.82, 2.24) is 0 Å². The molecule has 6 nitrogen and oxygen atoms in total. The van der Waals surface area contributed by atoms with Crippen LogP contribution in [0.3, 0.4) is 0 Å². The maximum absolute atomic E-state index is 12.4. The molecule has 0 aliphatic carbocycles. The highest BCUT2D eigenvalue weighted by atomic mass is 31.2. The first-order valence-electron chi connectivity index (χ1n) is 9.11. The molecule has 1 rings (SSSR count). The first-order chi connectivity index (χ1) is 12.3. The van der Waals surface area contributed by atoms with Crippen molar-refractivity contribution in [1.29, 1.82) is 0 Å². The second-order valence-electron chi connectivity index (χ2n) is 9.46. The predicted octanol–water partition coefficient (Wildman–Crippen LogP) is 5.62. The van der Waals surface area contributed by atoms with E-state index >= 15 is 0 Å². The fourth-order valence-electron chi connectivity index (χ4n) is 2.93. The van der Waals surface area contributed by atoms with Gasteiger partial charge in [0.1, 0.15) is 28.6 Å². The molecule has 1 aromatic rings. The first-order valence-corrected chi connectivity index (χ1v) is 20.3.